The summed E-state index contributed by atoms with van der Waals surface area (Å²) in [6.45, 7) is 6.80. The van der Waals surface area contributed by atoms with E-state index in [1.807, 2.05) is 6.92 Å². The van der Waals surface area contributed by atoms with E-state index in [1.165, 1.54) is 22.8 Å². The minimum Gasteiger partial charge on any atom is -0.316 e. The van der Waals surface area contributed by atoms with Crippen LogP contribution in [0.3, 0.4) is 0 Å². The molecule has 9 heteroatoms. The Morgan fingerprint density at radius 1 is 1.11 bits per heavy atom. The van der Waals surface area contributed by atoms with Crippen molar-refractivity contribution in [3.8, 4) is 0 Å². The molecule has 1 atom stereocenters. The molecule has 0 aliphatic carbocycles. The van der Waals surface area contributed by atoms with E-state index in [2.05, 4.69) is 4.40 Å². The number of aryl methyl sites for hydroxylation is 1. The van der Waals surface area contributed by atoms with Gasteiger partial charge in [0.15, 0.2) is 5.78 Å². The summed E-state index contributed by atoms with van der Waals surface area (Å²) in [6.07, 6.45) is 1.13. The van der Waals surface area contributed by atoms with Gasteiger partial charge in [-0.15, -0.1) is 4.40 Å². The Labute approximate surface area is 157 Å². The third kappa shape index (κ3) is 4.68. The Morgan fingerprint density at radius 2 is 1.70 bits per heavy atom. The Morgan fingerprint density at radius 3 is 2.22 bits per heavy atom. The topological polar surface area (TPSA) is 112 Å². The molecule has 0 fully saturated rings. The van der Waals surface area contributed by atoms with Crippen molar-refractivity contribution in [3.63, 3.8) is 0 Å². The van der Waals surface area contributed by atoms with Crippen molar-refractivity contribution in [1.82, 2.24) is 4.57 Å². The van der Waals surface area contributed by atoms with E-state index in [0.717, 1.165) is 17.8 Å². The third-order valence-electron chi connectivity index (χ3n) is 4.08. The summed E-state index contributed by atoms with van der Waals surface area (Å²) in [5, 5.41) is 11.1. The van der Waals surface area contributed by atoms with Gasteiger partial charge in [-0.3, -0.25) is 14.9 Å². The molecule has 0 aliphatic rings. The molecule has 0 saturated heterocycles. The zero-order valence-corrected chi connectivity index (χ0v) is 16.3. The summed E-state index contributed by atoms with van der Waals surface area (Å²) in [5.41, 5.74) is 0.586. The van der Waals surface area contributed by atoms with Gasteiger partial charge in [-0.25, -0.2) is 0 Å². The average Bonchev–Trinajstić information content (AvgIpc) is 2.60. The summed E-state index contributed by atoms with van der Waals surface area (Å²) >= 11 is 0. The van der Waals surface area contributed by atoms with Crippen molar-refractivity contribution in [1.29, 1.82) is 0 Å². The molecule has 0 N–H and O–H groups in total. The van der Waals surface area contributed by atoms with Gasteiger partial charge in [0.05, 0.1) is 22.1 Å². The molecular weight excluding hydrogens is 370 g/mol. The number of nitrogens with zero attached hydrogens (tertiary/aromatic N) is 3. The number of rotatable bonds is 6. The first-order chi connectivity index (χ1) is 12.5. The first kappa shape index (κ1) is 20.5. The number of Topliss-reactive ketones (excluding diaryl/α,β-unsaturated/α-hetero) is 1. The second-order valence-corrected chi connectivity index (χ2v) is 8.13. The van der Waals surface area contributed by atoms with E-state index in [4.69, 9.17) is 0 Å². The van der Waals surface area contributed by atoms with Crippen LogP contribution in [0.5, 0.6) is 0 Å². The molecule has 0 amide bonds. The molecule has 1 aromatic carbocycles. The molecule has 27 heavy (non-hydrogen) atoms. The molecule has 0 aliphatic heterocycles. The molecule has 8 nitrogen and oxygen atoms in total. The molecule has 144 valence electrons. The molecule has 1 unspecified atom stereocenters. The van der Waals surface area contributed by atoms with Gasteiger partial charge in [0.2, 0.25) is 0 Å². The maximum absolute atomic E-state index is 12.6. The number of sulfonamides is 1. The molecular formula is C18H21N3O5S. The number of hydrogen-bond donors (Lipinski definition) is 0. The standard InChI is InChI=1S/C18H21N3O5S/c1-12(2)18(22)14(4)20-11-15(21(23)24)7-10-17(20)19-27(25,26)16-8-5-13(3)6-9-16/h5-12,14H,1-4H3/b19-17+. The van der Waals surface area contributed by atoms with Gasteiger partial charge in [-0.1, -0.05) is 31.5 Å². The highest BCUT2D eigenvalue weighted by Crippen LogP contribution is 2.16. The first-order valence-electron chi connectivity index (χ1n) is 8.31. The summed E-state index contributed by atoms with van der Waals surface area (Å²) in [6, 6.07) is 7.76. The summed E-state index contributed by atoms with van der Waals surface area (Å²) in [7, 11) is -4.04. The van der Waals surface area contributed by atoms with Crippen LogP contribution in [0.1, 0.15) is 32.4 Å². The maximum Gasteiger partial charge on any atom is 0.285 e. The highest BCUT2D eigenvalue weighted by molar-refractivity contribution is 7.90. The molecule has 2 aromatic rings. The van der Waals surface area contributed by atoms with Crippen molar-refractivity contribution < 1.29 is 18.1 Å². The van der Waals surface area contributed by atoms with Gasteiger partial charge >= 0.3 is 0 Å². The van der Waals surface area contributed by atoms with E-state index in [1.54, 1.807) is 32.9 Å². The van der Waals surface area contributed by atoms with Crippen LogP contribution >= 0.6 is 0 Å². The molecule has 0 spiro atoms. The van der Waals surface area contributed by atoms with Gasteiger partial charge in [-0.05, 0) is 32.0 Å². The summed E-state index contributed by atoms with van der Waals surface area (Å²) in [5.74, 6) is -0.516. The highest BCUT2D eigenvalue weighted by Gasteiger charge is 2.21. The monoisotopic (exact) mass is 391 g/mol. The summed E-state index contributed by atoms with van der Waals surface area (Å²) < 4.78 is 30.3. The Kier molecular flexibility index (Phi) is 5.94. The van der Waals surface area contributed by atoms with E-state index in [-0.39, 0.29) is 27.8 Å². The quantitative estimate of drug-likeness (QED) is 0.555. The minimum absolute atomic E-state index is 0.000780. The summed E-state index contributed by atoms with van der Waals surface area (Å²) in [4.78, 5) is 22.8. The molecule has 0 saturated carbocycles. The van der Waals surface area contributed by atoms with Gasteiger partial charge in [0, 0.05) is 12.0 Å². The van der Waals surface area contributed by atoms with Crippen LogP contribution in [0.15, 0.2) is 51.9 Å². The van der Waals surface area contributed by atoms with Crippen LogP contribution in [0.25, 0.3) is 0 Å². The van der Waals surface area contributed by atoms with Crippen LogP contribution in [0.2, 0.25) is 0 Å². The van der Waals surface area contributed by atoms with Crippen molar-refractivity contribution in [3.05, 3.63) is 63.8 Å². The van der Waals surface area contributed by atoms with Crippen LogP contribution in [0, 0.1) is 23.0 Å². The lowest BCUT2D eigenvalue weighted by atomic mass is 10.0. The fourth-order valence-electron chi connectivity index (χ4n) is 2.50. The van der Waals surface area contributed by atoms with Crippen LogP contribution in [-0.2, 0) is 14.8 Å². The SMILES string of the molecule is Cc1ccc(S(=O)(=O)/N=c2\ccc([N+](=O)[O-])cn2C(C)C(=O)C(C)C)cc1. The minimum atomic E-state index is -4.04. The van der Waals surface area contributed by atoms with Crippen LogP contribution in [0.4, 0.5) is 5.69 Å². The normalized spacial score (nSPS) is 13.6. The average molecular weight is 391 g/mol. The van der Waals surface area contributed by atoms with Crippen LogP contribution in [-0.4, -0.2) is 23.7 Å². The van der Waals surface area contributed by atoms with Gasteiger partial charge in [-0.2, -0.15) is 8.42 Å². The van der Waals surface area contributed by atoms with Crippen molar-refractivity contribution in [2.75, 3.05) is 0 Å². The molecule has 0 bridgehead atoms. The second kappa shape index (κ2) is 7.83. The smallest absolute Gasteiger partial charge is 0.285 e. The lowest BCUT2D eigenvalue weighted by Gasteiger charge is -2.17. The molecule has 0 radical (unpaired) electrons. The predicted octanol–water partition coefficient (Wildman–Crippen LogP) is 2.78. The number of benzene rings is 1. The fraction of sp³-hybridized carbons (Fsp3) is 0.333. The number of carbonyl (C=O) groups is 1. The van der Waals surface area contributed by atoms with E-state index < -0.39 is 21.0 Å². The number of aromatic nitrogens is 1. The number of ketones is 1. The van der Waals surface area contributed by atoms with Gasteiger partial charge in [0.1, 0.15) is 5.49 Å². The number of pyridine rings is 1. The zero-order chi connectivity index (χ0) is 20.4. The lowest BCUT2D eigenvalue weighted by Crippen LogP contribution is -2.31. The van der Waals surface area contributed by atoms with Crippen molar-refractivity contribution in [2.45, 2.75) is 38.6 Å². The van der Waals surface area contributed by atoms with Gasteiger partial charge < -0.3 is 4.57 Å². The van der Waals surface area contributed by atoms with E-state index >= 15 is 0 Å². The maximum atomic E-state index is 12.6. The molecule has 1 aromatic heterocycles. The van der Waals surface area contributed by atoms with Crippen molar-refractivity contribution in [2.24, 2.45) is 10.3 Å². The van der Waals surface area contributed by atoms with Crippen molar-refractivity contribution >= 4 is 21.5 Å². The highest BCUT2D eigenvalue weighted by atomic mass is 32.2. The number of hydrogen-bond acceptors (Lipinski definition) is 5. The van der Waals surface area contributed by atoms with E-state index in [0.29, 0.717) is 0 Å². The Bertz CT molecular complexity index is 1040. The Hall–Kier alpha value is -2.81. The van der Waals surface area contributed by atoms with E-state index in [9.17, 15) is 23.3 Å². The first-order valence-corrected chi connectivity index (χ1v) is 9.75. The van der Waals surface area contributed by atoms with Gasteiger partial charge in [0.25, 0.3) is 15.7 Å². The Balaban J connectivity index is 2.67. The zero-order valence-electron chi connectivity index (χ0n) is 15.5. The fourth-order valence-corrected chi connectivity index (χ4v) is 3.49. The second-order valence-electron chi connectivity index (χ2n) is 6.52. The number of nitro groups is 1. The molecule has 1 heterocycles. The largest absolute Gasteiger partial charge is 0.316 e. The number of carbonyl (C=O) groups excluding carboxylic acids is 1. The van der Waals surface area contributed by atoms with Crippen LogP contribution < -0.4 is 5.49 Å². The lowest BCUT2D eigenvalue weighted by molar-refractivity contribution is -0.385. The molecule has 2 rings (SSSR count). The predicted molar refractivity (Wildman–Crippen MR) is 99.6 cm³/mol. The third-order valence-corrected chi connectivity index (χ3v) is 5.38.